The summed E-state index contributed by atoms with van der Waals surface area (Å²) in [7, 11) is 0. The van der Waals surface area contributed by atoms with Gasteiger partial charge in [-0.05, 0) is 18.2 Å². The van der Waals surface area contributed by atoms with Crippen molar-refractivity contribution in [1.29, 1.82) is 0 Å². The quantitative estimate of drug-likeness (QED) is 0.750. The van der Waals surface area contributed by atoms with Crippen molar-refractivity contribution in [3.63, 3.8) is 0 Å². The van der Waals surface area contributed by atoms with Gasteiger partial charge >= 0.3 is 0 Å². The van der Waals surface area contributed by atoms with E-state index in [-0.39, 0.29) is 5.76 Å². The van der Waals surface area contributed by atoms with Crippen LogP contribution in [-0.2, 0) is 0 Å². The standard InChI is InChI=1S/C10H7NO3/c12-5-7-1-2-9(11-7)8-3-4-14-10(8)6-13/h1-6,11H. The maximum Gasteiger partial charge on any atom is 0.186 e. The number of furan rings is 1. The molecule has 2 aromatic rings. The third-order valence-corrected chi connectivity index (χ3v) is 1.93. The second-order valence-electron chi connectivity index (χ2n) is 2.76. The number of nitrogens with one attached hydrogen (secondary N) is 1. The number of aromatic nitrogens is 1. The van der Waals surface area contributed by atoms with Crippen molar-refractivity contribution in [2.24, 2.45) is 0 Å². The fraction of sp³-hybridized carbons (Fsp3) is 0. The number of rotatable bonds is 3. The highest BCUT2D eigenvalue weighted by atomic mass is 16.3. The number of carbonyl (C=O) groups is 2. The SMILES string of the molecule is O=Cc1ccc(-c2ccoc2C=O)[nH]1. The van der Waals surface area contributed by atoms with Crippen LogP contribution in [0.25, 0.3) is 11.3 Å². The highest BCUT2D eigenvalue weighted by molar-refractivity contribution is 5.84. The number of hydrogen-bond acceptors (Lipinski definition) is 3. The lowest BCUT2D eigenvalue weighted by Gasteiger charge is -1.92. The predicted octanol–water partition coefficient (Wildman–Crippen LogP) is 1.90. The van der Waals surface area contributed by atoms with Crippen LogP contribution >= 0.6 is 0 Å². The lowest BCUT2D eigenvalue weighted by Crippen LogP contribution is -1.83. The van der Waals surface area contributed by atoms with Gasteiger partial charge in [0.25, 0.3) is 0 Å². The monoisotopic (exact) mass is 189 g/mol. The fourth-order valence-corrected chi connectivity index (χ4v) is 1.27. The van der Waals surface area contributed by atoms with Gasteiger partial charge in [0, 0.05) is 11.3 Å². The fourth-order valence-electron chi connectivity index (χ4n) is 1.27. The van der Waals surface area contributed by atoms with Gasteiger partial charge in [-0.2, -0.15) is 0 Å². The lowest BCUT2D eigenvalue weighted by molar-refractivity contribution is 0.109. The summed E-state index contributed by atoms with van der Waals surface area (Å²) in [6.07, 6.45) is 2.78. The predicted molar refractivity (Wildman–Crippen MR) is 49.3 cm³/mol. The van der Waals surface area contributed by atoms with E-state index < -0.39 is 0 Å². The summed E-state index contributed by atoms with van der Waals surface area (Å²) < 4.78 is 4.93. The van der Waals surface area contributed by atoms with Gasteiger partial charge in [-0.25, -0.2) is 0 Å². The molecule has 1 N–H and O–H groups in total. The van der Waals surface area contributed by atoms with E-state index in [9.17, 15) is 9.59 Å². The van der Waals surface area contributed by atoms with Gasteiger partial charge in [-0.1, -0.05) is 0 Å². The second kappa shape index (κ2) is 3.33. The zero-order valence-electron chi connectivity index (χ0n) is 7.19. The van der Waals surface area contributed by atoms with Gasteiger partial charge in [0.1, 0.15) is 0 Å². The number of hydrogen-bond donors (Lipinski definition) is 1. The summed E-state index contributed by atoms with van der Waals surface area (Å²) in [4.78, 5) is 23.8. The van der Waals surface area contributed by atoms with Gasteiger partial charge < -0.3 is 9.40 Å². The molecule has 0 aliphatic rings. The van der Waals surface area contributed by atoms with Crippen LogP contribution in [0.5, 0.6) is 0 Å². The molecule has 0 aromatic carbocycles. The molecule has 0 saturated carbocycles. The minimum absolute atomic E-state index is 0.254. The Morgan fingerprint density at radius 2 is 2.00 bits per heavy atom. The van der Waals surface area contributed by atoms with Gasteiger partial charge in [0.15, 0.2) is 18.3 Å². The third kappa shape index (κ3) is 1.26. The molecule has 2 heterocycles. The van der Waals surface area contributed by atoms with E-state index in [1.54, 1.807) is 18.2 Å². The van der Waals surface area contributed by atoms with Crippen LogP contribution in [0.3, 0.4) is 0 Å². The Kier molecular flexibility index (Phi) is 2.02. The molecule has 0 amide bonds. The van der Waals surface area contributed by atoms with Crippen molar-refractivity contribution in [3.8, 4) is 11.3 Å². The van der Waals surface area contributed by atoms with E-state index >= 15 is 0 Å². The van der Waals surface area contributed by atoms with Gasteiger partial charge in [0.05, 0.1) is 12.0 Å². The van der Waals surface area contributed by atoms with Crippen molar-refractivity contribution in [2.45, 2.75) is 0 Å². The first kappa shape index (κ1) is 8.50. The maximum atomic E-state index is 10.6. The molecule has 0 radical (unpaired) electrons. The molecule has 0 unspecified atom stereocenters. The van der Waals surface area contributed by atoms with Crippen molar-refractivity contribution >= 4 is 12.6 Å². The number of aromatic amines is 1. The van der Waals surface area contributed by atoms with Gasteiger partial charge in [-0.3, -0.25) is 9.59 Å². The average Bonchev–Trinajstić information content (AvgIpc) is 2.85. The molecular weight excluding hydrogens is 182 g/mol. The normalized spacial score (nSPS) is 10.0. The minimum atomic E-state index is 0.254. The molecule has 0 bridgehead atoms. The van der Waals surface area contributed by atoms with E-state index in [2.05, 4.69) is 4.98 Å². The molecule has 0 aliphatic heterocycles. The Bertz CT molecular complexity index is 467. The molecule has 0 fully saturated rings. The molecule has 4 nitrogen and oxygen atoms in total. The number of H-pyrrole nitrogens is 1. The molecule has 4 heteroatoms. The van der Waals surface area contributed by atoms with Crippen molar-refractivity contribution in [3.05, 3.63) is 35.9 Å². The van der Waals surface area contributed by atoms with Gasteiger partial charge in [-0.15, -0.1) is 0 Å². The molecule has 0 saturated heterocycles. The molecule has 0 aliphatic carbocycles. The van der Waals surface area contributed by atoms with Crippen LogP contribution < -0.4 is 0 Å². The molecule has 70 valence electrons. The Hall–Kier alpha value is -2.10. The van der Waals surface area contributed by atoms with Crippen LogP contribution in [0.1, 0.15) is 21.0 Å². The largest absolute Gasteiger partial charge is 0.461 e. The first-order valence-corrected chi connectivity index (χ1v) is 4.02. The van der Waals surface area contributed by atoms with E-state index in [0.717, 1.165) is 0 Å². The van der Waals surface area contributed by atoms with E-state index in [1.165, 1.54) is 6.26 Å². The van der Waals surface area contributed by atoms with E-state index in [4.69, 9.17) is 4.42 Å². The smallest absolute Gasteiger partial charge is 0.186 e. The summed E-state index contributed by atoms with van der Waals surface area (Å²) >= 11 is 0. The van der Waals surface area contributed by atoms with Crippen LogP contribution in [0.15, 0.2) is 28.9 Å². The van der Waals surface area contributed by atoms with Crippen molar-refractivity contribution in [2.75, 3.05) is 0 Å². The molecule has 2 aromatic heterocycles. The number of carbonyl (C=O) groups excluding carboxylic acids is 2. The van der Waals surface area contributed by atoms with Crippen LogP contribution in [0.4, 0.5) is 0 Å². The number of aldehydes is 2. The summed E-state index contributed by atoms with van der Waals surface area (Å²) in [5.41, 5.74) is 1.83. The van der Waals surface area contributed by atoms with Crippen molar-refractivity contribution in [1.82, 2.24) is 4.98 Å². The molecule has 0 spiro atoms. The van der Waals surface area contributed by atoms with Crippen LogP contribution in [-0.4, -0.2) is 17.6 Å². The summed E-state index contributed by atoms with van der Waals surface area (Å²) in [5, 5.41) is 0. The van der Waals surface area contributed by atoms with E-state index in [1.807, 2.05) is 0 Å². The first-order valence-electron chi connectivity index (χ1n) is 4.02. The Morgan fingerprint density at radius 3 is 2.64 bits per heavy atom. The Morgan fingerprint density at radius 1 is 1.14 bits per heavy atom. The minimum Gasteiger partial charge on any atom is -0.461 e. The molecule has 14 heavy (non-hydrogen) atoms. The maximum absolute atomic E-state index is 10.6. The second-order valence-corrected chi connectivity index (χ2v) is 2.76. The lowest BCUT2D eigenvalue weighted by atomic mass is 10.2. The first-order chi connectivity index (χ1) is 6.85. The zero-order valence-corrected chi connectivity index (χ0v) is 7.19. The van der Waals surface area contributed by atoms with Crippen molar-refractivity contribution < 1.29 is 14.0 Å². The zero-order chi connectivity index (χ0) is 9.97. The van der Waals surface area contributed by atoms with Gasteiger partial charge in [0.2, 0.25) is 0 Å². The van der Waals surface area contributed by atoms with Crippen LogP contribution in [0, 0.1) is 0 Å². The summed E-state index contributed by atoms with van der Waals surface area (Å²) in [5.74, 6) is 0.254. The average molecular weight is 189 g/mol. The summed E-state index contributed by atoms with van der Waals surface area (Å²) in [6, 6.07) is 5.04. The molecule has 2 rings (SSSR count). The Labute approximate surface area is 79.5 Å². The highest BCUT2D eigenvalue weighted by Gasteiger charge is 2.08. The van der Waals surface area contributed by atoms with Crippen LogP contribution in [0.2, 0.25) is 0 Å². The highest BCUT2D eigenvalue weighted by Crippen LogP contribution is 2.22. The molecule has 0 atom stereocenters. The third-order valence-electron chi connectivity index (χ3n) is 1.93. The Balaban J connectivity index is 2.48. The summed E-state index contributed by atoms with van der Waals surface area (Å²) in [6.45, 7) is 0. The molecular formula is C10H7NO3. The topological polar surface area (TPSA) is 63.1 Å². The van der Waals surface area contributed by atoms with E-state index in [0.29, 0.717) is 29.5 Å².